The molecule has 0 saturated carbocycles. The van der Waals surface area contributed by atoms with E-state index >= 15 is 0 Å². The summed E-state index contributed by atoms with van der Waals surface area (Å²) in [5.74, 6) is -1.12. The number of carboxylic acid groups (broad SMARTS) is 1. The summed E-state index contributed by atoms with van der Waals surface area (Å²) >= 11 is 0. The maximum absolute atomic E-state index is 12.0. The van der Waals surface area contributed by atoms with Crippen molar-refractivity contribution < 1.29 is 14.7 Å². The van der Waals surface area contributed by atoms with Crippen molar-refractivity contribution in [1.29, 1.82) is 0 Å². The van der Waals surface area contributed by atoms with Crippen LogP contribution in [0.5, 0.6) is 0 Å². The van der Waals surface area contributed by atoms with E-state index in [1.165, 1.54) is 0 Å². The number of hydrogen-bond donors (Lipinski definition) is 2. The van der Waals surface area contributed by atoms with Crippen LogP contribution in [0, 0.1) is 5.92 Å². The van der Waals surface area contributed by atoms with Gasteiger partial charge in [-0.3, -0.25) is 9.69 Å². The SMILES string of the molecule is CCC1CN(C(=O)NCCCC(C)C(=O)O)CCN1C. The van der Waals surface area contributed by atoms with Gasteiger partial charge in [-0.05, 0) is 26.3 Å². The molecule has 1 aliphatic heterocycles. The Morgan fingerprint density at radius 1 is 1.40 bits per heavy atom. The van der Waals surface area contributed by atoms with E-state index in [-0.39, 0.29) is 11.9 Å². The summed E-state index contributed by atoms with van der Waals surface area (Å²) in [4.78, 5) is 26.8. The molecule has 0 bridgehead atoms. The van der Waals surface area contributed by atoms with E-state index in [9.17, 15) is 9.59 Å². The van der Waals surface area contributed by atoms with Crippen molar-refractivity contribution in [3.63, 3.8) is 0 Å². The zero-order chi connectivity index (χ0) is 15.1. The summed E-state index contributed by atoms with van der Waals surface area (Å²) in [7, 11) is 2.09. The summed E-state index contributed by atoms with van der Waals surface area (Å²) in [6.45, 7) is 6.79. The molecule has 0 aromatic heterocycles. The smallest absolute Gasteiger partial charge is 0.317 e. The Balaban J connectivity index is 2.24. The average Bonchev–Trinajstić information content (AvgIpc) is 2.43. The highest BCUT2D eigenvalue weighted by molar-refractivity contribution is 5.74. The van der Waals surface area contributed by atoms with Crippen molar-refractivity contribution in [2.75, 3.05) is 33.2 Å². The highest BCUT2D eigenvalue weighted by Crippen LogP contribution is 2.10. The van der Waals surface area contributed by atoms with Gasteiger partial charge in [-0.15, -0.1) is 0 Å². The van der Waals surface area contributed by atoms with Crippen LogP contribution in [0.3, 0.4) is 0 Å². The Kier molecular flexibility index (Phi) is 6.78. The summed E-state index contributed by atoms with van der Waals surface area (Å²) in [5, 5.41) is 11.7. The van der Waals surface area contributed by atoms with Crippen LogP contribution in [-0.4, -0.2) is 66.2 Å². The van der Waals surface area contributed by atoms with Crippen LogP contribution >= 0.6 is 0 Å². The molecule has 6 nitrogen and oxygen atoms in total. The number of nitrogens with zero attached hydrogens (tertiary/aromatic N) is 2. The van der Waals surface area contributed by atoms with Gasteiger partial charge in [0.05, 0.1) is 5.92 Å². The first kappa shape index (κ1) is 16.8. The average molecular weight is 285 g/mol. The molecule has 0 aromatic carbocycles. The van der Waals surface area contributed by atoms with Crippen LogP contribution in [0.15, 0.2) is 0 Å². The molecule has 1 saturated heterocycles. The fourth-order valence-electron chi connectivity index (χ4n) is 2.41. The zero-order valence-corrected chi connectivity index (χ0v) is 12.8. The summed E-state index contributed by atoms with van der Waals surface area (Å²) in [5.41, 5.74) is 0. The van der Waals surface area contributed by atoms with Gasteiger partial charge in [-0.2, -0.15) is 0 Å². The van der Waals surface area contributed by atoms with Crippen LogP contribution in [0.1, 0.15) is 33.1 Å². The van der Waals surface area contributed by atoms with Crippen LogP contribution in [0.25, 0.3) is 0 Å². The topological polar surface area (TPSA) is 72.9 Å². The highest BCUT2D eigenvalue weighted by atomic mass is 16.4. The third kappa shape index (κ3) is 5.00. The number of amides is 2. The van der Waals surface area contributed by atoms with E-state index in [0.29, 0.717) is 25.4 Å². The van der Waals surface area contributed by atoms with Crippen molar-refractivity contribution >= 4 is 12.0 Å². The van der Waals surface area contributed by atoms with Crippen molar-refractivity contribution in [2.45, 2.75) is 39.2 Å². The molecule has 1 rings (SSSR count). The number of aliphatic carboxylic acids is 1. The van der Waals surface area contributed by atoms with Crippen LogP contribution in [0.4, 0.5) is 4.79 Å². The van der Waals surface area contributed by atoms with Crippen molar-refractivity contribution in [1.82, 2.24) is 15.1 Å². The molecule has 0 radical (unpaired) electrons. The number of hydrogen-bond acceptors (Lipinski definition) is 3. The predicted molar refractivity (Wildman–Crippen MR) is 77.7 cm³/mol. The molecule has 0 spiro atoms. The van der Waals surface area contributed by atoms with Gasteiger partial charge in [-0.1, -0.05) is 13.8 Å². The van der Waals surface area contributed by atoms with Gasteiger partial charge in [0.15, 0.2) is 0 Å². The maximum Gasteiger partial charge on any atom is 0.317 e. The third-order valence-electron chi connectivity index (χ3n) is 4.05. The van der Waals surface area contributed by atoms with Crippen LogP contribution in [-0.2, 0) is 4.79 Å². The molecule has 2 unspecified atom stereocenters. The Hall–Kier alpha value is -1.30. The lowest BCUT2D eigenvalue weighted by molar-refractivity contribution is -0.141. The first-order chi connectivity index (χ1) is 9.45. The van der Waals surface area contributed by atoms with Gasteiger partial charge in [-0.25, -0.2) is 4.79 Å². The standard InChI is InChI=1S/C14H27N3O3/c1-4-12-10-17(9-8-16(12)3)14(20)15-7-5-6-11(2)13(18)19/h11-12H,4-10H2,1-3H3,(H,15,20)(H,18,19). The van der Waals surface area contributed by atoms with Crippen molar-refractivity contribution in [3.8, 4) is 0 Å². The molecule has 0 aromatic rings. The third-order valence-corrected chi connectivity index (χ3v) is 4.05. The van der Waals surface area contributed by atoms with Gasteiger partial charge < -0.3 is 15.3 Å². The first-order valence-corrected chi connectivity index (χ1v) is 7.41. The Morgan fingerprint density at radius 3 is 2.70 bits per heavy atom. The van der Waals surface area contributed by atoms with E-state index in [0.717, 1.165) is 26.1 Å². The largest absolute Gasteiger partial charge is 0.481 e. The second kappa shape index (κ2) is 8.09. The minimum absolute atomic E-state index is 0.0282. The quantitative estimate of drug-likeness (QED) is 0.720. The normalized spacial score (nSPS) is 21.6. The zero-order valence-electron chi connectivity index (χ0n) is 12.8. The number of rotatable bonds is 6. The number of carbonyl (C=O) groups is 2. The van der Waals surface area contributed by atoms with Gasteiger partial charge in [0.1, 0.15) is 0 Å². The highest BCUT2D eigenvalue weighted by Gasteiger charge is 2.25. The molecule has 2 N–H and O–H groups in total. The lowest BCUT2D eigenvalue weighted by atomic mass is 10.1. The van der Waals surface area contributed by atoms with E-state index in [1.807, 2.05) is 4.90 Å². The predicted octanol–water partition coefficient (Wildman–Crippen LogP) is 1.22. The Morgan fingerprint density at radius 2 is 2.10 bits per heavy atom. The number of likely N-dealkylation sites (N-methyl/N-ethyl adjacent to an activating group) is 1. The van der Waals surface area contributed by atoms with Crippen molar-refractivity contribution in [2.24, 2.45) is 5.92 Å². The molecule has 1 fully saturated rings. The molecule has 0 aliphatic carbocycles. The minimum atomic E-state index is -0.777. The molecule has 1 heterocycles. The second-order valence-electron chi connectivity index (χ2n) is 5.60. The first-order valence-electron chi connectivity index (χ1n) is 7.41. The van der Waals surface area contributed by atoms with E-state index < -0.39 is 5.97 Å². The monoisotopic (exact) mass is 285 g/mol. The number of nitrogens with one attached hydrogen (secondary N) is 1. The lowest BCUT2D eigenvalue weighted by Gasteiger charge is -2.39. The Labute approximate surface area is 121 Å². The van der Waals surface area contributed by atoms with Crippen LogP contribution < -0.4 is 5.32 Å². The lowest BCUT2D eigenvalue weighted by Crippen LogP contribution is -2.55. The molecule has 2 amide bonds. The minimum Gasteiger partial charge on any atom is -0.481 e. The maximum atomic E-state index is 12.0. The van der Waals surface area contributed by atoms with Gasteiger partial charge in [0.25, 0.3) is 0 Å². The van der Waals surface area contributed by atoms with Gasteiger partial charge in [0.2, 0.25) is 0 Å². The molecule has 20 heavy (non-hydrogen) atoms. The summed E-state index contributed by atoms with van der Waals surface area (Å²) < 4.78 is 0. The van der Waals surface area contributed by atoms with Crippen LogP contribution in [0.2, 0.25) is 0 Å². The molecule has 6 heteroatoms. The molecule has 116 valence electrons. The summed E-state index contributed by atoms with van der Waals surface area (Å²) in [6.07, 6.45) is 2.33. The molecule has 1 aliphatic rings. The fraction of sp³-hybridized carbons (Fsp3) is 0.857. The van der Waals surface area contributed by atoms with Gasteiger partial charge >= 0.3 is 12.0 Å². The number of carbonyl (C=O) groups excluding carboxylic acids is 1. The van der Waals surface area contributed by atoms with Gasteiger partial charge in [0, 0.05) is 32.2 Å². The number of urea groups is 1. The molecular weight excluding hydrogens is 258 g/mol. The summed E-state index contributed by atoms with van der Waals surface area (Å²) in [6, 6.07) is 0.404. The van der Waals surface area contributed by atoms with E-state index in [2.05, 4.69) is 24.2 Å². The molecular formula is C14H27N3O3. The Bertz CT molecular complexity index is 336. The van der Waals surface area contributed by atoms with E-state index in [1.54, 1.807) is 6.92 Å². The number of carboxylic acids is 1. The second-order valence-corrected chi connectivity index (χ2v) is 5.60. The number of piperazine rings is 1. The van der Waals surface area contributed by atoms with E-state index in [4.69, 9.17) is 5.11 Å². The van der Waals surface area contributed by atoms with Crippen molar-refractivity contribution in [3.05, 3.63) is 0 Å². The fourth-order valence-corrected chi connectivity index (χ4v) is 2.41. The molecule has 2 atom stereocenters.